The Kier molecular flexibility index (Phi) is 9.86. The van der Waals surface area contributed by atoms with Crippen molar-refractivity contribution in [3.63, 3.8) is 0 Å². The maximum Gasteiger partial charge on any atom is 0.132 e. The summed E-state index contributed by atoms with van der Waals surface area (Å²) in [6.45, 7) is 4.88. The number of carbonyl (C=O) groups is 1. The van der Waals surface area contributed by atoms with Crippen molar-refractivity contribution in [3.8, 4) is 17.2 Å². The molecule has 1 heterocycles. The number of phenolic OH excluding ortho intramolecular Hbond substituents is 2. The van der Waals surface area contributed by atoms with Gasteiger partial charge in [-0.15, -0.1) is 0 Å². The molecular formula is C30H42O4. The SMILES string of the molecule is CCCC(=O)CCCCCCCCCCC1c2ccc(O)cc2OCC1(C)c1ccc(O)cc1. The molecule has 2 N–H and O–H groups in total. The molecule has 3 rings (SSSR count). The number of carbonyl (C=O) groups excluding carboxylic acids is 1. The van der Waals surface area contributed by atoms with E-state index in [2.05, 4.69) is 13.8 Å². The number of hydrogen-bond donors (Lipinski definition) is 2. The van der Waals surface area contributed by atoms with Gasteiger partial charge in [-0.25, -0.2) is 0 Å². The molecule has 4 nitrogen and oxygen atoms in total. The van der Waals surface area contributed by atoms with Gasteiger partial charge in [0.1, 0.15) is 23.0 Å². The van der Waals surface area contributed by atoms with Crippen molar-refractivity contribution in [2.45, 2.75) is 102 Å². The summed E-state index contributed by atoms with van der Waals surface area (Å²) < 4.78 is 6.11. The third kappa shape index (κ3) is 7.01. The number of aromatic hydroxyl groups is 2. The highest BCUT2D eigenvalue weighted by atomic mass is 16.5. The lowest BCUT2D eigenvalue weighted by Crippen LogP contribution is -2.40. The Morgan fingerprint density at radius 2 is 1.50 bits per heavy atom. The summed E-state index contributed by atoms with van der Waals surface area (Å²) in [5.41, 5.74) is 2.15. The quantitative estimate of drug-likeness (QED) is 0.279. The monoisotopic (exact) mass is 466 g/mol. The van der Waals surface area contributed by atoms with Gasteiger partial charge in [0.2, 0.25) is 0 Å². The summed E-state index contributed by atoms with van der Waals surface area (Å²) in [6, 6.07) is 13.0. The third-order valence-corrected chi connectivity index (χ3v) is 7.42. The number of ether oxygens (including phenoxy) is 1. The van der Waals surface area contributed by atoms with Crippen LogP contribution >= 0.6 is 0 Å². The van der Waals surface area contributed by atoms with Gasteiger partial charge in [0.25, 0.3) is 0 Å². The summed E-state index contributed by atoms with van der Waals surface area (Å²) in [5.74, 6) is 2.02. The maximum atomic E-state index is 11.6. The Balaban J connectivity index is 1.49. The number of Topliss-reactive ketones (excluding diaryl/α,β-unsaturated/α-hetero) is 1. The van der Waals surface area contributed by atoms with Crippen LogP contribution in [-0.2, 0) is 10.2 Å². The van der Waals surface area contributed by atoms with Crippen LogP contribution in [-0.4, -0.2) is 22.6 Å². The van der Waals surface area contributed by atoms with Gasteiger partial charge < -0.3 is 14.9 Å². The first-order valence-corrected chi connectivity index (χ1v) is 13.2. The first-order valence-electron chi connectivity index (χ1n) is 13.2. The Morgan fingerprint density at radius 3 is 2.18 bits per heavy atom. The van der Waals surface area contributed by atoms with Gasteiger partial charge in [-0.3, -0.25) is 4.79 Å². The van der Waals surface area contributed by atoms with Crippen molar-refractivity contribution in [2.24, 2.45) is 0 Å². The molecule has 0 saturated heterocycles. The Morgan fingerprint density at radius 1 is 0.882 bits per heavy atom. The molecule has 0 bridgehead atoms. The van der Waals surface area contributed by atoms with Gasteiger partial charge in [0.15, 0.2) is 0 Å². The lowest BCUT2D eigenvalue weighted by atomic mass is 9.66. The van der Waals surface area contributed by atoms with Crippen LogP contribution in [0.5, 0.6) is 17.2 Å². The van der Waals surface area contributed by atoms with E-state index in [1.165, 1.54) is 44.1 Å². The number of fused-ring (bicyclic) bond motifs is 1. The molecule has 0 spiro atoms. The normalized spacial score (nSPS) is 19.4. The van der Waals surface area contributed by atoms with E-state index < -0.39 is 0 Å². The van der Waals surface area contributed by atoms with E-state index in [0.717, 1.165) is 49.8 Å². The number of ketones is 1. The van der Waals surface area contributed by atoms with Gasteiger partial charge in [-0.1, -0.05) is 77.0 Å². The van der Waals surface area contributed by atoms with Crippen LogP contribution < -0.4 is 4.74 Å². The number of hydrogen-bond acceptors (Lipinski definition) is 4. The molecule has 186 valence electrons. The molecule has 2 aromatic carbocycles. The molecule has 2 aromatic rings. The minimum absolute atomic E-state index is 0.188. The number of phenols is 2. The maximum absolute atomic E-state index is 11.6. The van der Waals surface area contributed by atoms with E-state index in [1.54, 1.807) is 24.3 Å². The second-order valence-electron chi connectivity index (χ2n) is 10.2. The minimum Gasteiger partial charge on any atom is -0.508 e. The van der Waals surface area contributed by atoms with E-state index >= 15 is 0 Å². The summed E-state index contributed by atoms with van der Waals surface area (Å²) in [4.78, 5) is 11.6. The van der Waals surface area contributed by atoms with Gasteiger partial charge in [0, 0.05) is 30.2 Å². The molecule has 0 aromatic heterocycles. The molecule has 0 saturated carbocycles. The van der Waals surface area contributed by atoms with Gasteiger partial charge >= 0.3 is 0 Å². The van der Waals surface area contributed by atoms with Crippen molar-refractivity contribution in [3.05, 3.63) is 53.6 Å². The van der Waals surface area contributed by atoms with Crippen LogP contribution in [0.1, 0.15) is 108 Å². The molecule has 0 fully saturated rings. The molecule has 1 aliphatic rings. The van der Waals surface area contributed by atoms with Crippen LogP contribution in [0, 0.1) is 0 Å². The van der Waals surface area contributed by atoms with Crippen LogP contribution in [0.2, 0.25) is 0 Å². The summed E-state index contributed by atoms with van der Waals surface area (Å²) in [7, 11) is 0. The molecule has 34 heavy (non-hydrogen) atoms. The fraction of sp³-hybridized carbons (Fsp3) is 0.567. The van der Waals surface area contributed by atoms with Crippen LogP contribution in [0.4, 0.5) is 0 Å². The van der Waals surface area contributed by atoms with E-state index in [-0.39, 0.29) is 16.9 Å². The zero-order chi connectivity index (χ0) is 24.4. The van der Waals surface area contributed by atoms with Crippen LogP contribution in [0.25, 0.3) is 0 Å². The van der Waals surface area contributed by atoms with Crippen molar-refractivity contribution in [1.29, 1.82) is 0 Å². The van der Waals surface area contributed by atoms with Crippen molar-refractivity contribution in [1.82, 2.24) is 0 Å². The molecule has 4 heteroatoms. The third-order valence-electron chi connectivity index (χ3n) is 7.42. The zero-order valence-electron chi connectivity index (χ0n) is 21.0. The van der Waals surface area contributed by atoms with Crippen molar-refractivity contribution in [2.75, 3.05) is 6.61 Å². The number of rotatable bonds is 14. The molecule has 1 aliphatic heterocycles. The summed E-state index contributed by atoms with van der Waals surface area (Å²) in [5, 5.41) is 19.7. The van der Waals surface area contributed by atoms with E-state index in [1.807, 2.05) is 18.2 Å². The fourth-order valence-corrected chi connectivity index (χ4v) is 5.34. The first kappa shape index (κ1) is 26.1. The van der Waals surface area contributed by atoms with Gasteiger partial charge in [0.05, 0.1) is 6.61 Å². The highest BCUT2D eigenvalue weighted by molar-refractivity contribution is 5.78. The van der Waals surface area contributed by atoms with Crippen LogP contribution in [0.3, 0.4) is 0 Å². The van der Waals surface area contributed by atoms with Crippen molar-refractivity contribution < 1.29 is 19.7 Å². The Bertz CT molecular complexity index is 905. The Hall–Kier alpha value is -2.49. The van der Waals surface area contributed by atoms with E-state index in [0.29, 0.717) is 18.3 Å². The predicted molar refractivity (Wildman–Crippen MR) is 138 cm³/mol. The highest BCUT2D eigenvalue weighted by Crippen LogP contribution is 2.49. The van der Waals surface area contributed by atoms with Gasteiger partial charge in [-0.05, 0) is 48.6 Å². The smallest absolute Gasteiger partial charge is 0.132 e. The van der Waals surface area contributed by atoms with E-state index in [9.17, 15) is 15.0 Å². The Labute approximate surface area is 205 Å². The summed E-state index contributed by atoms with van der Waals surface area (Å²) in [6.07, 6.45) is 13.1. The van der Waals surface area contributed by atoms with Gasteiger partial charge in [-0.2, -0.15) is 0 Å². The van der Waals surface area contributed by atoms with Crippen molar-refractivity contribution >= 4 is 5.78 Å². The second kappa shape index (κ2) is 12.8. The minimum atomic E-state index is -0.188. The molecule has 0 amide bonds. The molecular weight excluding hydrogens is 424 g/mol. The molecule has 2 atom stereocenters. The molecule has 2 unspecified atom stereocenters. The first-order chi connectivity index (χ1) is 16.4. The fourth-order valence-electron chi connectivity index (χ4n) is 5.34. The summed E-state index contributed by atoms with van der Waals surface area (Å²) >= 11 is 0. The lowest BCUT2D eigenvalue weighted by Gasteiger charge is -2.43. The largest absolute Gasteiger partial charge is 0.508 e. The van der Waals surface area contributed by atoms with Crippen LogP contribution in [0.15, 0.2) is 42.5 Å². The standard InChI is InChI=1S/C30H42O4/c1-3-12-24(31)13-10-8-6-4-5-7-9-11-14-28-27-20-19-26(33)21-29(27)34-22-30(28,2)23-15-17-25(32)18-16-23/h15-21,28,32-33H,3-14,22H2,1-2H3. The van der Waals surface area contributed by atoms with E-state index in [4.69, 9.17) is 4.74 Å². The lowest BCUT2D eigenvalue weighted by molar-refractivity contribution is -0.119. The average molecular weight is 467 g/mol. The highest BCUT2D eigenvalue weighted by Gasteiger charge is 2.42. The molecule has 0 radical (unpaired) electrons. The zero-order valence-corrected chi connectivity index (χ0v) is 21.0. The topological polar surface area (TPSA) is 66.8 Å². The second-order valence-corrected chi connectivity index (χ2v) is 10.2. The number of unbranched alkanes of at least 4 members (excludes halogenated alkanes) is 7. The predicted octanol–water partition coefficient (Wildman–Crippen LogP) is 7.80. The average Bonchev–Trinajstić information content (AvgIpc) is 2.82. The number of benzene rings is 2. The molecule has 0 aliphatic carbocycles.